The number of benzene rings is 1. The van der Waals surface area contributed by atoms with E-state index in [2.05, 4.69) is 11.4 Å². The average Bonchev–Trinajstić information content (AvgIpc) is 2.79. The molecule has 1 aromatic carbocycles. The summed E-state index contributed by atoms with van der Waals surface area (Å²) in [6, 6.07) is 5.74. The third-order valence-corrected chi connectivity index (χ3v) is 6.00. The number of hydrogen-bond donors (Lipinski definition) is 1. The number of urea groups is 1. The number of amides is 2. The number of nitrogens with one attached hydrogen (secondary N) is 1. The van der Waals surface area contributed by atoms with E-state index in [4.69, 9.17) is 0 Å². The Balaban J connectivity index is 2.36. The van der Waals surface area contributed by atoms with Crippen molar-refractivity contribution in [3.05, 3.63) is 33.9 Å². The molecule has 8 heteroatoms. The summed E-state index contributed by atoms with van der Waals surface area (Å²) in [4.78, 5) is 25.1. The van der Waals surface area contributed by atoms with Crippen molar-refractivity contribution in [1.29, 1.82) is 5.26 Å². The zero-order chi connectivity index (χ0) is 18.9. The standard InChI is InChI=1S/C17H22N4O3S/c1-10(2)15-20(14(9-18)17(4,5)25-15)16(22)19-12-7-6-11(3)8-13(12)21(23)24/h6-8,10,14-15H,1-5H3,(H,19,22). The van der Waals surface area contributed by atoms with E-state index in [9.17, 15) is 20.2 Å². The molecular weight excluding hydrogens is 340 g/mol. The van der Waals surface area contributed by atoms with Crippen molar-refractivity contribution in [2.75, 3.05) is 5.32 Å². The molecule has 1 aliphatic heterocycles. The second kappa shape index (κ2) is 6.92. The monoisotopic (exact) mass is 362 g/mol. The van der Waals surface area contributed by atoms with Crippen molar-refractivity contribution in [1.82, 2.24) is 4.90 Å². The van der Waals surface area contributed by atoms with Crippen LogP contribution in [0, 0.1) is 34.3 Å². The van der Waals surface area contributed by atoms with Crippen molar-refractivity contribution >= 4 is 29.2 Å². The van der Waals surface area contributed by atoms with E-state index in [0.29, 0.717) is 0 Å². The van der Waals surface area contributed by atoms with Crippen LogP contribution in [0.4, 0.5) is 16.2 Å². The Bertz CT molecular complexity index is 742. The summed E-state index contributed by atoms with van der Waals surface area (Å²) in [5.41, 5.74) is 0.709. The highest BCUT2D eigenvalue weighted by molar-refractivity contribution is 8.01. The van der Waals surface area contributed by atoms with Crippen molar-refractivity contribution < 1.29 is 9.72 Å². The molecule has 2 atom stereocenters. The second-order valence-corrected chi connectivity index (χ2v) is 8.77. The van der Waals surface area contributed by atoms with Crippen LogP contribution < -0.4 is 5.32 Å². The van der Waals surface area contributed by atoms with Gasteiger partial charge in [-0.2, -0.15) is 5.26 Å². The molecule has 0 aliphatic carbocycles. The van der Waals surface area contributed by atoms with E-state index < -0.39 is 21.7 Å². The largest absolute Gasteiger partial charge is 0.324 e. The molecule has 134 valence electrons. The minimum atomic E-state index is -0.616. The van der Waals surface area contributed by atoms with Gasteiger partial charge in [0, 0.05) is 10.8 Å². The van der Waals surface area contributed by atoms with Crippen LogP contribution in [0.15, 0.2) is 18.2 Å². The van der Waals surface area contributed by atoms with Crippen molar-refractivity contribution in [2.45, 2.75) is 50.8 Å². The van der Waals surface area contributed by atoms with Crippen LogP contribution in [0.1, 0.15) is 33.3 Å². The predicted molar refractivity (Wildman–Crippen MR) is 98.4 cm³/mol. The molecule has 1 aromatic rings. The van der Waals surface area contributed by atoms with E-state index >= 15 is 0 Å². The quantitative estimate of drug-likeness (QED) is 0.643. The summed E-state index contributed by atoms with van der Waals surface area (Å²) in [5, 5.41) is 23.3. The maximum absolute atomic E-state index is 12.9. The molecule has 0 radical (unpaired) electrons. The fourth-order valence-corrected chi connectivity index (χ4v) is 4.42. The molecule has 1 heterocycles. The van der Waals surface area contributed by atoms with Crippen molar-refractivity contribution in [3.8, 4) is 6.07 Å². The summed E-state index contributed by atoms with van der Waals surface area (Å²) in [5.74, 6) is 0.140. The van der Waals surface area contributed by atoms with Gasteiger partial charge < -0.3 is 5.32 Å². The SMILES string of the molecule is Cc1ccc(NC(=O)N2C(C(C)C)SC(C)(C)C2C#N)c([N+](=O)[O-])c1. The lowest BCUT2D eigenvalue weighted by atomic mass is 10.0. The highest BCUT2D eigenvalue weighted by Gasteiger charge is 2.51. The van der Waals surface area contributed by atoms with Crippen LogP contribution in [-0.4, -0.2) is 32.0 Å². The average molecular weight is 362 g/mol. The highest BCUT2D eigenvalue weighted by Crippen LogP contribution is 2.47. The number of carbonyl (C=O) groups excluding carboxylic acids is 1. The first kappa shape index (κ1) is 19.1. The summed E-state index contributed by atoms with van der Waals surface area (Å²) in [6.07, 6.45) is 0. The van der Waals surface area contributed by atoms with Crippen LogP contribution in [0.3, 0.4) is 0 Å². The van der Waals surface area contributed by atoms with E-state index in [1.165, 1.54) is 17.0 Å². The van der Waals surface area contributed by atoms with Gasteiger partial charge >= 0.3 is 6.03 Å². The van der Waals surface area contributed by atoms with Gasteiger partial charge in [0.15, 0.2) is 0 Å². The Kier molecular flexibility index (Phi) is 5.28. The summed E-state index contributed by atoms with van der Waals surface area (Å²) < 4.78 is -0.416. The van der Waals surface area contributed by atoms with Gasteiger partial charge in [-0.05, 0) is 38.3 Å². The molecule has 2 amide bonds. The van der Waals surface area contributed by atoms with Gasteiger partial charge in [-0.15, -0.1) is 11.8 Å². The Morgan fingerprint density at radius 3 is 2.64 bits per heavy atom. The lowest BCUT2D eigenvalue weighted by Crippen LogP contribution is -2.48. The van der Waals surface area contributed by atoms with Crippen LogP contribution in [-0.2, 0) is 0 Å². The molecule has 1 N–H and O–H groups in total. The van der Waals surface area contributed by atoms with Crippen LogP contribution in [0.25, 0.3) is 0 Å². The molecular formula is C17H22N4O3S. The third kappa shape index (κ3) is 3.71. The number of rotatable bonds is 3. The zero-order valence-electron chi connectivity index (χ0n) is 14.9. The van der Waals surface area contributed by atoms with E-state index in [1.807, 2.05) is 27.7 Å². The molecule has 1 saturated heterocycles. The van der Waals surface area contributed by atoms with Gasteiger partial charge in [0.1, 0.15) is 11.7 Å². The normalized spacial score (nSPS) is 21.9. The smallest absolute Gasteiger partial charge is 0.302 e. The topological polar surface area (TPSA) is 99.3 Å². The second-order valence-electron chi connectivity index (χ2n) is 7.00. The molecule has 0 bridgehead atoms. The van der Waals surface area contributed by atoms with Crippen molar-refractivity contribution in [2.24, 2.45) is 5.92 Å². The van der Waals surface area contributed by atoms with E-state index in [0.717, 1.165) is 5.56 Å². The third-order valence-electron chi connectivity index (χ3n) is 4.15. The number of nitro benzene ring substituents is 1. The molecule has 7 nitrogen and oxygen atoms in total. The molecule has 1 fully saturated rings. The fraction of sp³-hybridized carbons (Fsp3) is 0.529. The van der Waals surface area contributed by atoms with Gasteiger partial charge in [0.2, 0.25) is 0 Å². The first-order valence-electron chi connectivity index (χ1n) is 8.00. The number of nitrogens with zero attached hydrogens (tertiary/aromatic N) is 3. The summed E-state index contributed by atoms with van der Waals surface area (Å²) in [6.45, 7) is 9.59. The Morgan fingerprint density at radius 1 is 1.48 bits per heavy atom. The minimum absolute atomic E-state index is 0.134. The van der Waals surface area contributed by atoms with Crippen LogP contribution in [0.2, 0.25) is 0 Å². The van der Waals surface area contributed by atoms with E-state index in [-0.39, 0.29) is 22.7 Å². The van der Waals surface area contributed by atoms with Gasteiger partial charge in [-0.3, -0.25) is 15.0 Å². The lowest BCUT2D eigenvalue weighted by molar-refractivity contribution is -0.384. The first-order valence-corrected chi connectivity index (χ1v) is 8.88. The van der Waals surface area contributed by atoms with Crippen molar-refractivity contribution in [3.63, 3.8) is 0 Å². The maximum Gasteiger partial charge on any atom is 0.324 e. The highest BCUT2D eigenvalue weighted by atomic mass is 32.2. The first-order chi connectivity index (χ1) is 11.6. The molecule has 0 saturated carbocycles. The number of aryl methyl sites for hydroxylation is 1. The van der Waals surface area contributed by atoms with Gasteiger partial charge in [0.05, 0.1) is 16.4 Å². The Morgan fingerprint density at radius 2 is 2.12 bits per heavy atom. The van der Waals surface area contributed by atoms with Gasteiger partial charge in [-0.25, -0.2) is 4.79 Å². The fourth-order valence-electron chi connectivity index (χ4n) is 2.90. The van der Waals surface area contributed by atoms with Crippen LogP contribution >= 0.6 is 11.8 Å². The molecule has 2 rings (SSSR count). The molecule has 0 aromatic heterocycles. The molecule has 1 aliphatic rings. The Labute approximate surface area is 151 Å². The summed E-state index contributed by atoms with van der Waals surface area (Å²) in [7, 11) is 0. The summed E-state index contributed by atoms with van der Waals surface area (Å²) >= 11 is 1.58. The molecule has 0 spiro atoms. The Hall–Kier alpha value is -2.27. The minimum Gasteiger partial charge on any atom is -0.302 e. The predicted octanol–water partition coefficient (Wildman–Crippen LogP) is 4.14. The lowest BCUT2D eigenvalue weighted by Gasteiger charge is -2.29. The maximum atomic E-state index is 12.9. The number of thioether (sulfide) groups is 1. The van der Waals surface area contributed by atoms with Crippen LogP contribution in [0.5, 0.6) is 0 Å². The van der Waals surface area contributed by atoms with Gasteiger partial charge in [0.25, 0.3) is 5.69 Å². The number of carbonyl (C=O) groups is 1. The number of nitriles is 1. The van der Waals surface area contributed by atoms with Gasteiger partial charge in [-0.1, -0.05) is 19.9 Å². The molecule has 25 heavy (non-hydrogen) atoms. The zero-order valence-corrected chi connectivity index (χ0v) is 15.8. The number of nitro groups is 1. The molecule has 2 unspecified atom stereocenters. The number of hydrogen-bond acceptors (Lipinski definition) is 5. The van der Waals surface area contributed by atoms with E-state index in [1.54, 1.807) is 24.8 Å². The number of anilines is 1.